The molecule has 0 unspecified atom stereocenters. The monoisotopic (exact) mass is 538 g/mol. The number of aromatic nitrogens is 2. The maximum Gasteiger partial charge on any atom is 0.264 e. The molecule has 0 radical (unpaired) electrons. The Morgan fingerprint density at radius 3 is 2.29 bits per heavy atom. The van der Waals surface area contributed by atoms with E-state index in [2.05, 4.69) is 26.2 Å². The van der Waals surface area contributed by atoms with Crippen molar-refractivity contribution in [2.45, 2.75) is 18.4 Å². The van der Waals surface area contributed by atoms with Crippen molar-refractivity contribution in [2.75, 3.05) is 10.8 Å². The number of sulfonamides is 1. The normalized spacial score (nSPS) is 11.2. The van der Waals surface area contributed by atoms with Crippen LogP contribution in [-0.4, -0.2) is 30.4 Å². The minimum atomic E-state index is -3.93. The molecule has 174 valence electrons. The lowest BCUT2D eigenvalue weighted by atomic mass is 10.2. The topological polar surface area (TPSA) is 84.3 Å². The summed E-state index contributed by atoms with van der Waals surface area (Å²) >= 11 is 3.36. The van der Waals surface area contributed by atoms with E-state index in [0.717, 1.165) is 25.9 Å². The zero-order valence-corrected chi connectivity index (χ0v) is 20.8. The Labute approximate surface area is 207 Å². The second kappa shape index (κ2) is 10.2. The molecule has 4 rings (SSSR count). The fraction of sp³-hybridized carbons (Fsp3) is 0.120. The number of carbonyl (C=O) groups excluding carboxylic acids is 1. The summed E-state index contributed by atoms with van der Waals surface area (Å²) in [5, 5.41) is 2.83. The number of aryl methyl sites for hydroxylation is 1. The number of imidazole rings is 1. The predicted molar refractivity (Wildman–Crippen MR) is 135 cm³/mol. The van der Waals surface area contributed by atoms with Gasteiger partial charge < -0.3 is 9.88 Å². The number of amides is 1. The van der Waals surface area contributed by atoms with Gasteiger partial charge in [-0.2, -0.15) is 0 Å². The molecule has 0 aliphatic carbocycles. The van der Waals surface area contributed by atoms with E-state index < -0.39 is 15.9 Å². The van der Waals surface area contributed by atoms with E-state index >= 15 is 0 Å². The lowest BCUT2D eigenvalue weighted by Crippen LogP contribution is -2.40. The average molecular weight is 539 g/mol. The molecule has 34 heavy (non-hydrogen) atoms. The quantitative estimate of drug-likeness (QED) is 0.359. The van der Waals surface area contributed by atoms with Crippen molar-refractivity contribution in [1.82, 2.24) is 14.9 Å². The molecule has 0 saturated carbocycles. The van der Waals surface area contributed by atoms with E-state index in [1.165, 1.54) is 12.1 Å². The third kappa shape index (κ3) is 5.37. The van der Waals surface area contributed by atoms with Crippen LogP contribution in [0, 0.1) is 6.92 Å². The Kier molecular flexibility index (Phi) is 7.14. The van der Waals surface area contributed by atoms with E-state index in [9.17, 15) is 13.2 Å². The number of anilines is 1. The first kappa shape index (κ1) is 23.7. The van der Waals surface area contributed by atoms with Crippen molar-refractivity contribution < 1.29 is 13.2 Å². The molecule has 1 amide bonds. The molecule has 0 bridgehead atoms. The smallest absolute Gasteiger partial charge is 0.264 e. The second-order valence-corrected chi connectivity index (χ2v) is 10.4. The first-order valence-electron chi connectivity index (χ1n) is 10.5. The molecule has 0 spiro atoms. The van der Waals surface area contributed by atoms with E-state index in [-0.39, 0.29) is 18.0 Å². The number of carbonyl (C=O) groups is 1. The zero-order chi connectivity index (χ0) is 24.1. The van der Waals surface area contributed by atoms with Crippen LogP contribution >= 0.6 is 15.9 Å². The highest BCUT2D eigenvalue weighted by atomic mass is 79.9. The summed E-state index contributed by atoms with van der Waals surface area (Å²) in [5.41, 5.74) is 2.28. The fourth-order valence-electron chi connectivity index (χ4n) is 3.45. The zero-order valence-electron chi connectivity index (χ0n) is 18.4. The lowest BCUT2D eigenvalue weighted by molar-refractivity contribution is -0.119. The molecule has 4 aromatic rings. The minimum Gasteiger partial charge on any atom is -0.350 e. The van der Waals surface area contributed by atoms with Crippen molar-refractivity contribution in [3.63, 3.8) is 0 Å². The van der Waals surface area contributed by atoms with Gasteiger partial charge in [0.05, 0.1) is 10.6 Å². The van der Waals surface area contributed by atoms with E-state index in [1.807, 2.05) is 42.0 Å². The fourth-order valence-corrected chi connectivity index (χ4v) is 5.16. The molecule has 1 N–H and O–H groups in total. The van der Waals surface area contributed by atoms with Gasteiger partial charge >= 0.3 is 0 Å². The standard InChI is InChI=1S/C25H23BrN4O3S/c1-19-27-15-16-29(19)22-11-7-20(8-12-22)17-28-25(31)18-30(23-13-9-21(26)10-14-23)34(32,33)24-5-3-2-4-6-24/h2-16H,17-18H2,1H3,(H,28,31). The van der Waals surface area contributed by atoms with Crippen LogP contribution in [0.2, 0.25) is 0 Å². The molecule has 0 aliphatic rings. The molecule has 7 nitrogen and oxygen atoms in total. The molecule has 3 aromatic carbocycles. The van der Waals surface area contributed by atoms with Gasteiger partial charge in [-0.3, -0.25) is 9.10 Å². The number of hydrogen-bond donors (Lipinski definition) is 1. The Bertz CT molecular complexity index is 1370. The van der Waals surface area contributed by atoms with Crippen molar-refractivity contribution in [2.24, 2.45) is 0 Å². The average Bonchev–Trinajstić information content (AvgIpc) is 3.28. The lowest BCUT2D eigenvalue weighted by Gasteiger charge is -2.24. The van der Waals surface area contributed by atoms with Gasteiger partial charge in [-0.05, 0) is 61.0 Å². The number of nitrogens with one attached hydrogen (secondary N) is 1. The SMILES string of the molecule is Cc1nccn1-c1ccc(CNC(=O)CN(c2ccc(Br)cc2)S(=O)(=O)c2ccccc2)cc1. The van der Waals surface area contributed by atoms with E-state index in [0.29, 0.717) is 5.69 Å². The summed E-state index contributed by atoms with van der Waals surface area (Å²) in [7, 11) is -3.93. The molecule has 0 fully saturated rings. The van der Waals surface area contributed by atoms with Crippen LogP contribution in [0.4, 0.5) is 5.69 Å². The predicted octanol–water partition coefficient (Wildman–Crippen LogP) is 4.45. The van der Waals surface area contributed by atoms with Crippen LogP contribution < -0.4 is 9.62 Å². The Morgan fingerprint density at radius 2 is 1.68 bits per heavy atom. The third-order valence-corrected chi connectivity index (χ3v) is 7.58. The number of benzene rings is 3. The van der Waals surface area contributed by atoms with Crippen LogP contribution in [0.25, 0.3) is 5.69 Å². The van der Waals surface area contributed by atoms with Crippen LogP contribution in [0.15, 0.2) is 101 Å². The summed E-state index contributed by atoms with van der Waals surface area (Å²) in [6.07, 6.45) is 3.63. The highest BCUT2D eigenvalue weighted by Crippen LogP contribution is 2.25. The minimum absolute atomic E-state index is 0.121. The van der Waals surface area contributed by atoms with Gasteiger partial charge in [-0.15, -0.1) is 0 Å². The summed E-state index contributed by atoms with van der Waals surface area (Å²) in [6, 6.07) is 22.6. The molecule has 9 heteroatoms. The van der Waals surface area contributed by atoms with Crippen molar-refractivity contribution in [1.29, 1.82) is 0 Å². The number of halogens is 1. The van der Waals surface area contributed by atoms with Crippen LogP contribution in [0.5, 0.6) is 0 Å². The Morgan fingerprint density at radius 1 is 1.00 bits per heavy atom. The maximum atomic E-state index is 13.3. The summed E-state index contributed by atoms with van der Waals surface area (Å²) in [6.45, 7) is 1.86. The number of rotatable bonds is 8. The molecule has 1 heterocycles. The second-order valence-electron chi connectivity index (χ2n) is 7.59. The number of hydrogen-bond acceptors (Lipinski definition) is 4. The van der Waals surface area contributed by atoms with E-state index in [1.54, 1.807) is 48.7 Å². The first-order chi connectivity index (χ1) is 16.3. The van der Waals surface area contributed by atoms with Crippen LogP contribution in [0.1, 0.15) is 11.4 Å². The van der Waals surface area contributed by atoms with Gasteiger partial charge in [-0.1, -0.05) is 46.3 Å². The first-order valence-corrected chi connectivity index (χ1v) is 12.8. The Hall–Kier alpha value is -3.43. The molecule has 0 atom stereocenters. The third-order valence-electron chi connectivity index (χ3n) is 5.26. The summed E-state index contributed by atoms with van der Waals surface area (Å²) in [4.78, 5) is 17.1. The van der Waals surface area contributed by atoms with Gasteiger partial charge in [0.15, 0.2) is 0 Å². The van der Waals surface area contributed by atoms with Crippen molar-refractivity contribution in [3.8, 4) is 5.69 Å². The highest BCUT2D eigenvalue weighted by Gasteiger charge is 2.27. The van der Waals surface area contributed by atoms with Crippen molar-refractivity contribution in [3.05, 3.63) is 107 Å². The maximum absolute atomic E-state index is 13.3. The van der Waals surface area contributed by atoms with Gasteiger partial charge in [0.25, 0.3) is 10.0 Å². The highest BCUT2D eigenvalue weighted by molar-refractivity contribution is 9.10. The molecule has 0 aliphatic heterocycles. The van der Waals surface area contributed by atoms with Gasteiger partial charge in [-0.25, -0.2) is 13.4 Å². The van der Waals surface area contributed by atoms with Crippen molar-refractivity contribution >= 4 is 37.5 Å². The summed E-state index contributed by atoms with van der Waals surface area (Å²) in [5.74, 6) is 0.477. The molecular formula is C25H23BrN4O3S. The van der Waals surface area contributed by atoms with Crippen LogP contribution in [-0.2, 0) is 21.4 Å². The van der Waals surface area contributed by atoms with E-state index in [4.69, 9.17) is 0 Å². The number of nitrogens with zero attached hydrogens (tertiary/aromatic N) is 3. The van der Waals surface area contributed by atoms with Gasteiger partial charge in [0.2, 0.25) is 5.91 Å². The van der Waals surface area contributed by atoms with Crippen LogP contribution in [0.3, 0.4) is 0 Å². The Balaban J connectivity index is 1.49. The largest absolute Gasteiger partial charge is 0.350 e. The molecular weight excluding hydrogens is 516 g/mol. The van der Waals surface area contributed by atoms with Gasteiger partial charge in [0.1, 0.15) is 12.4 Å². The molecule has 1 aromatic heterocycles. The summed E-state index contributed by atoms with van der Waals surface area (Å²) < 4.78 is 30.6. The van der Waals surface area contributed by atoms with Gasteiger partial charge in [0, 0.05) is 29.1 Å². The molecule has 0 saturated heterocycles.